The van der Waals surface area contributed by atoms with Gasteiger partial charge in [-0.2, -0.15) is 0 Å². The van der Waals surface area contributed by atoms with E-state index in [-0.39, 0.29) is 5.75 Å². The number of rotatable bonds is 3. The number of allylic oxidation sites excluding steroid dienone is 1. The van der Waals surface area contributed by atoms with Crippen LogP contribution in [0.2, 0.25) is 0 Å². The molecule has 6 heteroatoms. The fourth-order valence-electron chi connectivity index (χ4n) is 2.89. The summed E-state index contributed by atoms with van der Waals surface area (Å²) in [5.41, 5.74) is 2.10. The molecule has 1 heterocycles. The van der Waals surface area contributed by atoms with Crippen LogP contribution < -0.4 is 0 Å². The number of aromatic hydroxyl groups is 1. The maximum Gasteiger partial charge on any atom is 0.336 e. The standard InChI is InChI=1S/C17H19NO5/c1-9-13(16(20)22-3)15(11-5-7-12(19)8-6-11)14(10(2)18-9)17(21)23-4/h5-8,13,15,19H,1-4H3. The summed E-state index contributed by atoms with van der Waals surface area (Å²) in [7, 11) is 2.58. The lowest BCUT2D eigenvalue weighted by atomic mass is 9.75. The average molecular weight is 317 g/mol. The number of benzene rings is 1. The molecule has 23 heavy (non-hydrogen) atoms. The summed E-state index contributed by atoms with van der Waals surface area (Å²) in [6.45, 7) is 3.43. The molecule has 0 aromatic heterocycles. The first-order valence-corrected chi connectivity index (χ1v) is 7.11. The number of aliphatic imine (C=N–C) groups is 1. The number of esters is 2. The molecule has 2 unspecified atom stereocenters. The predicted octanol–water partition coefficient (Wildman–Crippen LogP) is 2.19. The number of phenols is 1. The molecule has 1 aliphatic rings. The van der Waals surface area contributed by atoms with E-state index in [1.165, 1.54) is 26.4 Å². The van der Waals surface area contributed by atoms with Crippen LogP contribution in [0.5, 0.6) is 5.75 Å². The third kappa shape index (κ3) is 3.11. The van der Waals surface area contributed by atoms with Crippen LogP contribution in [0, 0.1) is 5.92 Å². The van der Waals surface area contributed by atoms with Crippen molar-refractivity contribution < 1.29 is 24.2 Å². The predicted molar refractivity (Wildman–Crippen MR) is 84.2 cm³/mol. The molecule has 1 aliphatic heterocycles. The third-order valence-electron chi connectivity index (χ3n) is 3.94. The molecule has 6 nitrogen and oxygen atoms in total. The van der Waals surface area contributed by atoms with Gasteiger partial charge in [-0.1, -0.05) is 12.1 Å². The lowest BCUT2D eigenvalue weighted by Crippen LogP contribution is -2.36. The first-order valence-electron chi connectivity index (χ1n) is 7.11. The van der Waals surface area contributed by atoms with E-state index in [4.69, 9.17) is 9.47 Å². The molecule has 2 rings (SSSR count). The van der Waals surface area contributed by atoms with Crippen molar-refractivity contribution in [3.8, 4) is 5.75 Å². The zero-order chi connectivity index (χ0) is 17.1. The summed E-state index contributed by atoms with van der Waals surface area (Å²) in [6.07, 6.45) is 0. The number of carbonyl (C=O) groups excluding carboxylic acids is 2. The molecule has 0 bridgehead atoms. The second-order valence-electron chi connectivity index (χ2n) is 5.31. The molecule has 0 radical (unpaired) electrons. The van der Waals surface area contributed by atoms with E-state index in [0.717, 1.165) is 0 Å². The highest BCUT2D eigenvalue weighted by Gasteiger charge is 2.41. The van der Waals surface area contributed by atoms with Gasteiger partial charge in [-0.15, -0.1) is 0 Å². The van der Waals surface area contributed by atoms with Crippen LogP contribution in [0.25, 0.3) is 0 Å². The average Bonchev–Trinajstić information content (AvgIpc) is 2.53. The number of phenolic OH excluding ortho intramolecular Hbond substituents is 1. The van der Waals surface area contributed by atoms with Crippen LogP contribution in [-0.4, -0.2) is 37.0 Å². The van der Waals surface area contributed by atoms with Gasteiger partial charge in [0.25, 0.3) is 0 Å². The molecule has 1 aromatic carbocycles. The highest BCUT2D eigenvalue weighted by molar-refractivity contribution is 6.06. The Balaban J connectivity index is 2.65. The van der Waals surface area contributed by atoms with E-state index in [1.54, 1.807) is 26.0 Å². The molecule has 0 fully saturated rings. The summed E-state index contributed by atoms with van der Waals surface area (Å²) < 4.78 is 9.75. The van der Waals surface area contributed by atoms with Crippen LogP contribution in [0.3, 0.4) is 0 Å². The van der Waals surface area contributed by atoms with E-state index in [1.807, 2.05) is 0 Å². The van der Waals surface area contributed by atoms with Gasteiger partial charge in [0.05, 0.1) is 19.8 Å². The second kappa shape index (κ2) is 6.64. The zero-order valence-corrected chi connectivity index (χ0v) is 13.5. The SMILES string of the molecule is COC(=O)C1=C(C)N=C(C)C(C(=O)OC)C1c1ccc(O)cc1. The van der Waals surface area contributed by atoms with Gasteiger partial charge in [0.1, 0.15) is 11.7 Å². The molecular formula is C17H19NO5. The van der Waals surface area contributed by atoms with Gasteiger partial charge in [-0.25, -0.2) is 4.79 Å². The van der Waals surface area contributed by atoms with Gasteiger partial charge in [0, 0.05) is 17.3 Å². The van der Waals surface area contributed by atoms with Crippen molar-refractivity contribution in [1.29, 1.82) is 0 Å². The van der Waals surface area contributed by atoms with Gasteiger partial charge in [-0.3, -0.25) is 9.79 Å². The number of hydrogen-bond acceptors (Lipinski definition) is 6. The van der Waals surface area contributed by atoms with Crippen LogP contribution >= 0.6 is 0 Å². The van der Waals surface area contributed by atoms with Crippen LogP contribution in [0.15, 0.2) is 40.5 Å². The van der Waals surface area contributed by atoms with E-state index in [9.17, 15) is 14.7 Å². The van der Waals surface area contributed by atoms with Crippen LogP contribution in [0.1, 0.15) is 25.3 Å². The lowest BCUT2D eigenvalue weighted by molar-refractivity contribution is -0.143. The van der Waals surface area contributed by atoms with E-state index in [0.29, 0.717) is 22.5 Å². The highest BCUT2D eigenvalue weighted by Crippen LogP contribution is 2.40. The van der Waals surface area contributed by atoms with Crippen molar-refractivity contribution in [2.75, 3.05) is 14.2 Å². The third-order valence-corrected chi connectivity index (χ3v) is 3.94. The van der Waals surface area contributed by atoms with E-state index < -0.39 is 23.8 Å². The molecule has 0 spiro atoms. The smallest absolute Gasteiger partial charge is 0.336 e. The van der Waals surface area contributed by atoms with Gasteiger partial charge in [-0.05, 0) is 31.5 Å². The fraction of sp³-hybridized carbons (Fsp3) is 0.353. The first kappa shape index (κ1) is 16.7. The Bertz CT molecular complexity index is 687. The second-order valence-corrected chi connectivity index (χ2v) is 5.31. The maximum absolute atomic E-state index is 12.3. The Morgan fingerprint density at radius 3 is 2.22 bits per heavy atom. The van der Waals surface area contributed by atoms with Gasteiger partial charge in [0.15, 0.2) is 0 Å². The van der Waals surface area contributed by atoms with Crippen molar-refractivity contribution in [3.05, 3.63) is 41.1 Å². The molecule has 0 saturated carbocycles. The number of carbonyl (C=O) groups is 2. The zero-order valence-electron chi connectivity index (χ0n) is 13.5. The summed E-state index contributed by atoms with van der Waals surface area (Å²) in [6, 6.07) is 6.36. The van der Waals surface area contributed by atoms with Crippen molar-refractivity contribution in [1.82, 2.24) is 0 Å². The van der Waals surface area contributed by atoms with Gasteiger partial charge >= 0.3 is 11.9 Å². The van der Waals surface area contributed by atoms with Gasteiger partial charge < -0.3 is 14.6 Å². The summed E-state index contributed by atoms with van der Waals surface area (Å²) in [5.74, 6) is -2.20. The Labute approximate surface area is 134 Å². The van der Waals surface area contributed by atoms with Crippen LogP contribution in [0.4, 0.5) is 0 Å². The molecule has 0 amide bonds. The number of hydrogen-bond donors (Lipinski definition) is 1. The van der Waals surface area contributed by atoms with Crippen LogP contribution in [-0.2, 0) is 19.1 Å². The topological polar surface area (TPSA) is 85.2 Å². The van der Waals surface area contributed by atoms with Gasteiger partial charge in [0.2, 0.25) is 0 Å². The first-order chi connectivity index (χ1) is 10.9. The number of nitrogens with zero attached hydrogens (tertiary/aromatic N) is 1. The maximum atomic E-state index is 12.3. The number of ether oxygens (including phenoxy) is 2. The largest absolute Gasteiger partial charge is 0.508 e. The summed E-state index contributed by atoms with van der Waals surface area (Å²) in [4.78, 5) is 28.8. The molecule has 122 valence electrons. The number of methoxy groups -OCH3 is 2. The lowest BCUT2D eigenvalue weighted by Gasteiger charge is -2.31. The highest BCUT2D eigenvalue weighted by atomic mass is 16.5. The normalized spacial score (nSPS) is 20.8. The Morgan fingerprint density at radius 1 is 1.09 bits per heavy atom. The summed E-state index contributed by atoms with van der Waals surface area (Å²) in [5, 5.41) is 9.48. The minimum Gasteiger partial charge on any atom is -0.508 e. The Morgan fingerprint density at radius 2 is 1.70 bits per heavy atom. The van der Waals surface area contributed by atoms with E-state index in [2.05, 4.69) is 4.99 Å². The fourth-order valence-corrected chi connectivity index (χ4v) is 2.89. The molecule has 1 aromatic rings. The molecule has 0 aliphatic carbocycles. The van der Waals surface area contributed by atoms with Crippen molar-refractivity contribution in [2.24, 2.45) is 10.9 Å². The van der Waals surface area contributed by atoms with Crippen molar-refractivity contribution in [3.63, 3.8) is 0 Å². The quantitative estimate of drug-likeness (QED) is 0.864. The minimum absolute atomic E-state index is 0.102. The Hall–Kier alpha value is -2.63. The van der Waals surface area contributed by atoms with Crippen molar-refractivity contribution in [2.45, 2.75) is 19.8 Å². The Kier molecular flexibility index (Phi) is 4.83. The summed E-state index contributed by atoms with van der Waals surface area (Å²) >= 11 is 0. The minimum atomic E-state index is -0.720. The van der Waals surface area contributed by atoms with Crippen molar-refractivity contribution >= 4 is 17.7 Å². The van der Waals surface area contributed by atoms with E-state index >= 15 is 0 Å². The molecule has 0 saturated heterocycles. The monoisotopic (exact) mass is 317 g/mol. The molecular weight excluding hydrogens is 298 g/mol. The molecule has 1 N–H and O–H groups in total. The molecule has 2 atom stereocenters.